The van der Waals surface area contributed by atoms with E-state index in [1.807, 2.05) is 24.3 Å². The molecule has 0 saturated carbocycles. The van der Waals surface area contributed by atoms with Crippen LogP contribution in [-0.4, -0.2) is 38.7 Å². The van der Waals surface area contributed by atoms with Crippen molar-refractivity contribution in [2.24, 2.45) is 0 Å². The van der Waals surface area contributed by atoms with Gasteiger partial charge in [0.15, 0.2) is 0 Å². The lowest BCUT2D eigenvalue weighted by Crippen LogP contribution is -2.33. The molecule has 0 saturated heterocycles. The molecule has 0 aliphatic rings. The second kappa shape index (κ2) is 6.06. The van der Waals surface area contributed by atoms with E-state index in [1.165, 1.54) is 7.05 Å². The van der Waals surface area contributed by atoms with Crippen molar-refractivity contribution in [1.82, 2.24) is 15.0 Å². The van der Waals surface area contributed by atoms with E-state index in [9.17, 15) is 13.2 Å². The number of carbonyl (C=O) groups is 1. The van der Waals surface area contributed by atoms with Gasteiger partial charge in [-0.2, -0.15) is 0 Å². The van der Waals surface area contributed by atoms with Gasteiger partial charge in [-0.15, -0.1) is 0 Å². The van der Waals surface area contributed by atoms with E-state index in [0.29, 0.717) is 0 Å². The third kappa shape index (κ3) is 3.58. The molecule has 0 aliphatic heterocycles. The Kier molecular flexibility index (Phi) is 4.41. The third-order valence-corrected chi connectivity index (χ3v) is 4.39. The molecule has 0 atom stereocenters. The zero-order valence-electron chi connectivity index (χ0n) is 11.1. The summed E-state index contributed by atoms with van der Waals surface area (Å²) in [5, 5.41) is 3.61. The minimum absolute atomic E-state index is 0.102. The highest BCUT2D eigenvalue weighted by atomic mass is 32.2. The van der Waals surface area contributed by atoms with Crippen LogP contribution in [0.25, 0.3) is 10.9 Å². The average Bonchev–Trinajstić information content (AvgIpc) is 2.82. The lowest BCUT2D eigenvalue weighted by Gasteiger charge is -2.05. The first-order valence-corrected chi connectivity index (χ1v) is 7.90. The summed E-state index contributed by atoms with van der Waals surface area (Å²) < 4.78 is 24.6. The number of carbonyl (C=O) groups excluding carboxylic acids is 1. The number of hydrogen-bond donors (Lipinski definition) is 3. The summed E-state index contributed by atoms with van der Waals surface area (Å²) in [5.74, 6) is -0.315. The molecule has 0 spiro atoms. The molecule has 7 heteroatoms. The van der Waals surface area contributed by atoms with Gasteiger partial charge in [-0.3, -0.25) is 4.79 Å². The molecule has 1 aromatic carbocycles. The highest BCUT2D eigenvalue weighted by Gasteiger charge is 2.10. The van der Waals surface area contributed by atoms with Crippen molar-refractivity contribution in [2.75, 3.05) is 19.3 Å². The average molecular weight is 295 g/mol. The number of H-pyrrole nitrogens is 1. The minimum Gasteiger partial charge on any atom is -0.361 e. The highest BCUT2D eigenvalue weighted by molar-refractivity contribution is 7.89. The van der Waals surface area contributed by atoms with Crippen molar-refractivity contribution in [1.29, 1.82) is 0 Å². The number of aromatic nitrogens is 1. The fraction of sp³-hybridized carbons (Fsp3) is 0.308. The maximum Gasteiger partial charge on any atom is 0.224 e. The predicted octanol–water partition coefficient (Wildman–Crippen LogP) is 0.376. The molecule has 6 nitrogen and oxygen atoms in total. The van der Waals surface area contributed by atoms with Crippen molar-refractivity contribution in [2.45, 2.75) is 6.42 Å². The number of fused-ring (bicyclic) bond motifs is 1. The number of nitrogens with one attached hydrogen (secondary N) is 3. The van der Waals surface area contributed by atoms with Crippen LogP contribution in [0.3, 0.4) is 0 Å². The van der Waals surface area contributed by atoms with Crippen LogP contribution in [-0.2, 0) is 21.2 Å². The number of para-hydroxylation sites is 1. The van der Waals surface area contributed by atoms with Crippen LogP contribution >= 0.6 is 0 Å². The summed E-state index contributed by atoms with van der Waals surface area (Å²) in [6.45, 7) is 0.102. The lowest BCUT2D eigenvalue weighted by molar-refractivity contribution is -0.120. The van der Waals surface area contributed by atoms with Crippen molar-refractivity contribution in [3.63, 3.8) is 0 Å². The monoisotopic (exact) mass is 295 g/mol. The number of aromatic amines is 1. The maximum absolute atomic E-state index is 11.8. The van der Waals surface area contributed by atoms with Gasteiger partial charge in [-0.1, -0.05) is 18.2 Å². The Bertz CT molecular complexity index is 706. The van der Waals surface area contributed by atoms with Gasteiger partial charge in [0.1, 0.15) is 0 Å². The van der Waals surface area contributed by atoms with Crippen molar-refractivity contribution in [3.8, 4) is 0 Å². The van der Waals surface area contributed by atoms with Gasteiger partial charge < -0.3 is 10.3 Å². The first-order chi connectivity index (χ1) is 9.52. The molecule has 0 radical (unpaired) electrons. The van der Waals surface area contributed by atoms with Gasteiger partial charge in [-0.05, 0) is 18.7 Å². The molecular formula is C13H17N3O3S. The summed E-state index contributed by atoms with van der Waals surface area (Å²) in [7, 11) is -1.93. The number of amides is 1. The molecule has 108 valence electrons. The van der Waals surface area contributed by atoms with E-state index in [2.05, 4.69) is 15.0 Å². The molecule has 0 unspecified atom stereocenters. The standard InChI is InChI=1S/C13H17N3O3S/c1-14-20(18,19)7-6-15-13(17)8-10-9-16-12-5-3-2-4-11(10)12/h2-5,9,14,16H,6-8H2,1H3,(H,15,17). The normalized spacial score (nSPS) is 11.7. The quantitative estimate of drug-likeness (QED) is 0.719. The minimum atomic E-state index is -3.28. The lowest BCUT2D eigenvalue weighted by atomic mass is 10.1. The molecule has 1 amide bonds. The molecule has 0 bridgehead atoms. The van der Waals surface area contributed by atoms with Gasteiger partial charge in [0.2, 0.25) is 15.9 Å². The number of hydrogen-bond acceptors (Lipinski definition) is 3. The van der Waals surface area contributed by atoms with Crippen molar-refractivity contribution < 1.29 is 13.2 Å². The van der Waals surface area contributed by atoms with E-state index in [1.54, 1.807) is 6.20 Å². The molecule has 0 fully saturated rings. The Morgan fingerprint density at radius 2 is 2.05 bits per heavy atom. The zero-order valence-corrected chi connectivity index (χ0v) is 12.0. The molecule has 2 rings (SSSR count). The smallest absolute Gasteiger partial charge is 0.224 e. The molecular weight excluding hydrogens is 278 g/mol. The van der Waals surface area contributed by atoms with Gasteiger partial charge in [0, 0.05) is 23.6 Å². The molecule has 3 N–H and O–H groups in total. The van der Waals surface area contributed by atoms with Gasteiger partial charge in [0.25, 0.3) is 0 Å². The van der Waals surface area contributed by atoms with Crippen LogP contribution in [0.4, 0.5) is 0 Å². The SMILES string of the molecule is CNS(=O)(=O)CCNC(=O)Cc1c[nH]c2ccccc12. The summed E-state index contributed by atoms with van der Waals surface area (Å²) in [5.41, 5.74) is 1.88. The van der Waals surface area contributed by atoms with Crippen LogP contribution < -0.4 is 10.0 Å². The molecule has 20 heavy (non-hydrogen) atoms. The third-order valence-electron chi connectivity index (χ3n) is 3.03. The van der Waals surface area contributed by atoms with E-state index in [-0.39, 0.29) is 24.6 Å². The molecule has 1 aromatic heterocycles. The summed E-state index contributed by atoms with van der Waals surface area (Å²) in [6.07, 6.45) is 2.03. The number of sulfonamides is 1. The van der Waals surface area contributed by atoms with Crippen molar-refractivity contribution in [3.05, 3.63) is 36.0 Å². The first kappa shape index (κ1) is 14.5. The van der Waals surface area contributed by atoms with E-state index in [4.69, 9.17) is 0 Å². The number of rotatable bonds is 6. The first-order valence-electron chi connectivity index (χ1n) is 6.25. The van der Waals surface area contributed by atoms with Crippen LogP contribution in [0, 0.1) is 0 Å². The molecule has 2 aromatic rings. The van der Waals surface area contributed by atoms with Gasteiger partial charge in [0.05, 0.1) is 12.2 Å². The highest BCUT2D eigenvalue weighted by Crippen LogP contribution is 2.17. The summed E-state index contributed by atoms with van der Waals surface area (Å²) >= 11 is 0. The van der Waals surface area contributed by atoms with Crippen LogP contribution in [0.5, 0.6) is 0 Å². The predicted molar refractivity (Wildman–Crippen MR) is 77.9 cm³/mol. The molecule has 0 aliphatic carbocycles. The Balaban J connectivity index is 1.92. The second-order valence-electron chi connectivity index (χ2n) is 4.41. The van der Waals surface area contributed by atoms with Crippen LogP contribution in [0.1, 0.15) is 5.56 Å². The Hall–Kier alpha value is -1.86. The van der Waals surface area contributed by atoms with E-state index >= 15 is 0 Å². The molecule has 1 heterocycles. The van der Waals surface area contributed by atoms with E-state index in [0.717, 1.165) is 16.5 Å². The fourth-order valence-electron chi connectivity index (χ4n) is 1.94. The fourth-order valence-corrected chi connectivity index (χ4v) is 2.52. The van der Waals surface area contributed by atoms with Crippen LogP contribution in [0.15, 0.2) is 30.5 Å². The van der Waals surface area contributed by atoms with Crippen LogP contribution in [0.2, 0.25) is 0 Å². The van der Waals surface area contributed by atoms with Gasteiger partial charge in [-0.25, -0.2) is 13.1 Å². The largest absolute Gasteiger partial charge is 0.361 e. The Morgan fingerprint density at radius 3 is 2.80 bits per heavy atom. The Morgan fingerprint density at radius 1 is 1.30 bits per heavy atom. The summed E-state index contributed by atoms with van der Waals surface area (Å²) in [4.78, 5) is 14.9. The number of benzene rings is 1. The second-order valence-corrected chi connectivity index (χ2v) is 6.46. The van der Waals surface area contributed by atoms with Crippen molar-refractivity contribution >= 4 is 26.8 Å². The summed E-state index contributed by atoms with van der Waals surface area (Å²) in [6, 6.07) is 7.72. The van der Waals surface area contributed by atoms with Gasteiger partial charge >= 0.3 is 0 Å². The maximum atomic E-state index is 11.8. The topological polar surface area (TPSA) is 91.1 Å². The zero-order chi connectivity index (χ0) is 14.6. The van der Waals surface area contributed by atoms with E-state index < -0.39 is 10.0 Å². The Labute approximate surface area is 117 Å².